The van der Waals surface area contributed by atoms with E-state index in [0.717, 1.165) is 31.7 Å². The van der Waals surface area contributed by atoms with Crippen LogP contribution in [0.1, 0.15) is 23.1 Å². The monoisotopic (exact) mass is 378 g/mol. The molecule has 1 atom stereocenters. The third-order valence-corrected chi connectivity index (χ3v) is 6.04. The van der Waals surface area contributed by atoms with E-state index in [2.05, 4.69) is 36.9 Å². The van der Waals surface area contributed by atoms with E-state index in [9.17, 15) is 9.59 Å². The van der Waals surface area contributed by atoms with Crippen LogP contribution in [0.3, 0.4) is 0 Å². The molecule has 28 heavy (non-hydrogen) atoms. The predicted octanol–water partition coefficient (Wildman–Crippen LogP) is 1.65. The summed E-state index contributed by atoms with van der Waals surface area (Å²) >= 11 is 0. The van der Waals surface area contributed by atoms with Gasteiger partial charge in [-0.05, 0) is 50.1 Å². The lowest BCUT2D eigenvalue weighted by Crippen LogP contribution is -3.19. The quantitative estimate of drug-likeness (QED) is 0.826. The summed E-state index contributed by atoms with van der Waals surface area (Å²) in [5, 5.41) is 0. The average Bonchev–Trinajstić information content (AvgIpc) is 2.99. The van der Waals surface area contributed by atoms with E-state index in [0.29, 0.717) is 12.1 Å². The van der Waals surface area contributed by atoms with Crippen molar-refractivity contribution in [2.45, 2.75) is 33.2 Å². The van der Waals surface area contributed by atoms with Gasteiger partial charge in [0.25, 0.3) is 5.91 Å². The van der Waals surface area contributed by atoms with Crippen LogP contribution in [0, 0.1) is 20.8 Å². The maximum Gasteiger partial charge on any atom is 0.292 e. The largest absolute Gasteiger partial charge is 0.360 e. The molecule has 4 rings (SSSR count). The molecule has 2 aliphatic heterocycles. The molecule has 0 aliphatic carbocycles. The smallest absolute Gasteiger partial charge is 0.292 e. The Morgan fingerprint density at radius 2 is 1.54 bits per heavy atom. The number of piperazine rings is 1. The van der Waals surface area contributed by atoms with Gasteiger partial charge in [-0.2, -0.15) is 0 Å². The van der Waals surface area contributed by atoms with E-state index in [1.165, 1.54) is 26.6 Å². The fraction of sp³-hybridized carbons (Fsp3) is 0.391. The Morgan fingerprint density at radius 3 is 2.21 bits per heavy atom. The summed E-state index contributed by atoms with van der Waals surface area (Å²) < 4.78 is 0. The van der Waals surface area contributed by atoms with Crippen molar-refractivity contribution in [3.63, 3.8) is 0 Å². The van der Waals surface area contributed by atoms with Crippen LogP contribution in [0.4, 0.5) is 11.4 Å². The Hall–Kier alpha value is -2.66. The summed E-state index contributed by atoms with van der Waals surface area (Å²) in [6.07, 6.45) is 0.311. The lowest BCUT2D eigenvalue weighted by atomic mass is 10.1. The van der Waals surface area contributed by atoms with Crippen LogP contribution in [0.5, 0.6) is 0 Å². The van der Waals surface area contributed by atoms with Crippen LogP contribution in [-0.4, -0.2) is 44.0 Å². The van der Waals surface area contributed by atoms with Crippen molar-refractivity contribution in [3.8, 4) is 0 Å². The molecule has 2 heterocycles. The van der Waals surface area contributed by atoms with E-state index in [1.807, 2.05) is 31.2 Å². The minimum absolute atomic E-state index is 0.0518. The van der Waals surface area contributed by atoms with Gasteiger partial charge in [0.15, 0.2) is 6.04 Å². The van der Waals surface area contributed by atoms with Crippen LogP contribution in [0.2, 0.25) is 0 Å². The highest BCUT2D eigenvalue weighted by atomic mass is 16.2. The Labute approximate surface area is 166 Å². The number of quaternary nitrogens is 1. The zero-order valence-electron chi connectivity index (χ0n) is 16.9. The highest BCUT2D eigenvalue weighted by Crippen LogP contribution is 2.24. The van der Waals surface area contributed by atoms with Gasteiger partial charge in [-0.15, -0.1) is 0 Å². The Morgan fingerprint density at radius 1 is 0.893 bits per heavy atom. The van der Waals surface area contributed by atoms with Gasteiger partial charge in [-0.1, -0.05) is 29.8 Å². The number of benzene rings is 2. The molecule has 1 N–H and O–H groups in total. The van der Waals surface area contributed by atoms with Crippen LogP contribution < -0.4 is 14.7 Å². The lowest BCUT2D eigenvalue weighted by Gasteiger charge is -2.36. The first kappa shape index (κ1) is 18.7. The van der Waals surface area contributed by atoms with Gasteiger partial charge >= 0.3 is 0 Å². The molecule has 2 aromatic carbocycles. The fourth-order valence-corrected chi connectivity index (χ4v) is 4.36. The van der Waals surface area contributed by atoms with E-state index in [-0.39, 0.29) is 17.9 Å². The maximum atomic E-state index is 13.0. The van der Waals surface area contributed by atoms with E-state index >= 15 is 0 Å². The van der Waals surface area contributed by atoms with Crippen LogP contribution in [0.15, 0.2) is 42.5 Å². The molecule has 2 amide bonds. The summed E-state index contributed by atoms with van der Waals surface area (Å²) in [6.45, 7) is 9.82. The van der Waals surface area contributed by atoms with E-state index < -0.39 is 0 Å². The van der Waals surface area contributed by atoms with Crippen molar-refractivity contribution in [1.29, 1.82) is 0 Å². The second-order valence-corrected chi connectivity index (χ2v) is 8.09. The van der Waals surface area contributed by atoms with Gasteiger partial charge in [0.05, 0.1) is 38.3 Å². The number of nitrogens with one attached hydrogen (secondary N) is 1. The van der Waals surface area contributed by atoms with Gasteiger partial charge in [0, 0.05) is 5.69 Å². The number of aryl methyl sites for hydroxylation is 3. The van der Waals surface area contributed by atoms with Crippen LogP contribution in [-0.2, 0) is 9.59 Å². The zero-order chi connectivity index (χ0) is 19.8. The Balaban J connectivity index is 1.45. The third kappa shape index (κ3) is 3.42. The minimum Gasteiger partial charge on any atom is -0.360 e. The van der Waals surface area contributed by atoms with Gasteiger partial charge in [0.1, 0.15) is 0 Å². The fourth-order valence-electron chi connectivity index (χ4n) is 4.36. The molecule has 0 aromatic heterocycles. The third-order valence-electron chi connectivity index (χ3n) is 6.04. The highest BCUT2D eigenvalue weighted by molar-refractivity contribution is 6.21. The van der Waals surface area contributed by atoms with E-state index in [4.69, 9.17) is 0 Å². The first-order chi connectivity index (χ1) is 13.4. The van der Waals surface area contributed by atoms with Gasteiger partial charge in [-0.3, -0.25) is 9.59 Å². The van der Waals surface area contributed by atoms with Crippen molar-refractivity contribution >= 4 is 23.2 Å². The second-order valence-electron chi connectivity index (χ2n) is 8.09. The maximum absolute atomic E-state index is 13.0. The SMILES string of the molecule is Cc1ccc(N2C(=O)C[C@H]([NH+]3CCN(c4cc(C)ccc4C)CC3)C2=O)cc1. The lowest BCUT2D eigenvalue weighted by molar-refractivity contribution is -0.915. The number of amides is 2. The topological polar surface area (TPSA) is 45.1 Å². The number of anilines is 2. The molecule has 2 aliphatic rings. The molecule has 0 bridgehead atoms. The minimum atomic E-state index is -0.255. The van der Waals surface area contributed by atoms with Crippen molar-refractivity contribution < 1.29 is 14.5 Å². The predicted molar refractivity (Wildman–Crippen MR) is 111 cm³/mol. The molecular formula is C23H28N3O2+. The molecule has 5 heteroatoms. The van der Waals surface area contributed by atoms with Gasteiger partial charge in [0.2, 0.25) is 5.91 Å². The van der Waals surface area contributed by atoms with Crippen molar-refractivity contribution in [2.75, 3.05) is 36.0 Å². The molecule has 2 fully saturated rings. The number of hydrogen-bond acceptors (Lipinski definition) is 3. The first-order valence-electron chi connectivity index (χ1n) is 10.0. The van der Waals surface area contributed by atoms with Crippen LogP contribution >= 0.6 is 0 Å². The molecule has 0 spiro atoms. The van der Waals surface area contributed by atoms with Gasteiger partial charge < -0.3 is 9.80 Å². The molecule has 0 saturated carbocycles. The number of carbonyl (C=O) groups is 2. The number of imide groups is 1. The van der Waals surface area contributed by atoms with E-state index in [1.54, 1.807) is 0 Å². The van der Waals surface area contributed by atoms with Crippen molar-refractivity contribution in [1.82, 2.24) is 0 Å². The highest BCUT2D eigenvalue weighted by Gasteiger charge is 2.46. The second kappa shape index (κ2) is 7.40. The number of carbonyl (C=O) groups excluding carboxylic acids is 2. The normalized spacial score (nSPS) is 20.9. The molecule has 2 saturated heterocycles. The summed E-state index contributed by atoms with van der Waals surface area (Å²) in [7, 11) is 0. The van der Waals surface area contributed by atoms with Crippen molar-refractivity contribution in [3.05, 3.63) is 59.2 Å². The standard InChI is InChI=1S/C23H27N3O2/c1-16-5-8-19(9-6-16)26-22(27)15-21(23(26)28)25-12-10-24(11-13-25)20-14-17(2)4-7-18(20)3/h4-9,14,21H,10-13,15H2,1-3H3/p+1/t21-/m0/s1. The summed E-state index contributed by atoms with van der Waals surface area (Å²) in [5.74, 6) is -0.132. The molecule has 0 unspecified atom stereocenters. The average molecular weight is 378 g/mol. The Kier molecular flexibility index (Phi) is 4.94. The number of hydrogen-bond donors (Lipinski definition) is 1. The summed E-state index contributed by atoms with van der Waals surface area (Å²) in [5.41, 5.74) is 5.64. The molecule has 146 valence electrons. The van der Waals surface area contributed by atoms with Crippen LogP contribution in [0.25, 0.3) is 0 Å². The zero-order valence-corrected chi connectivity index (χ0v) is 16.9. The van der Waals surface area contributed by atoms with Crippen molar-refractivity contribution in [2.24, 2.45) is 0 Å². The molecular weight excluding hydrogens is 350 g/mol. The summed E-state index contributed by atoms with van der Waals surface area (Å²) in [4.78, 5) is 30.6. The molecule has 0 radical (unpaired) electrons. The molecule has 2 aromatic rings. The Bertz CT molecular complexity index is 899. The first-order valence-corrected chi connectivity index (χ1v) is 10.0. The number of rotatable bonds is 3. The van der Waals surface area contributed by atoms with Gasteiger partial charge in [-0.25, -0.2) is 4.90 Å². The summed E-state index contributed by atoms with van der Waals surface area (Å²) in [6, 6.07) is 13.9. The molecule has 5 nitrogen and oxygen atoms in total. The number of nitrogens with zero attached hydrogens (tertiary/aromatic N) is 2.